The largest absolute Gasteiger partial charge is 0.490 e. The number of ether oxygens (including phenoxy) is 1. The van der Waals surface area contributed by atoms with Gasteiger partial charge in [-0.2, -0.15) is 0 Å². The molecule has 1 fully saturated rings. The normalized spacial score (nSPS) is 17.7. The van der Waals surface area contributed by atoms with Crippen molar-refractivity contribution in [3.63, 3.8) is 0 Å². The number of nitrogens with zero attached hydrogens (tertiary/aromatic N) is 1. The van der Waals surface area contributed by atoms with Crippen molar-refractivity contribution in [1.29, 1.82) is 0 Å². The molecule has 2 aliphatic heterocycles. The van der Waals surface area contributed by atoms with E-state index in [4.69, 9.17) is 16.3 Å². The van der Waals surface area contributed by atoms with Crippen molar-refractivity contribution in [1.82, 2.24) is 20.6 Å². The van der Waals surface area contributed by atoms with Gasteiger partial charge in [0.05, 0.1) is 23.1 Å². The predicted octanol–water partition coefficient (Wildman–Crippen LogP) is 4.20. The zero-order valence-corrected chi connectivity index (χ0v) is 18.7. The SMILES string of the molecule is Cc1c(Cl)cccc1Nc1c(-c2ccncc2OC[C@@H]2CCCN2)[nH]c2c1C(=O)NCC2. The predicted molar refractivity (Wildman–Crippen MR) is 126 cm³/mol. The van der Waals surface area contributed by atoms with Crippen molar-refractivity contribution in [3.05, 3.63) is 58.5 Å². The zero-order valence-electron chi connectivity index (χ0n) is 17.9. The van der Waals surface area contributed by atoms with Crippen LogP contribution in [0.15, 0.2) is 36.7 Å². The highest BCUT2D eigenvalue weighted by atomic mass is 35.5. The minimum absolute atomic E-state index is 0.0948. The first-order chi connectivity index (χ1) is 15.6. The van der Waals surface area contributed by atoms with Crippen molar-refractivity contribution >= 4 is 28.9 Å². The van der Waals surface area contributed by atoms with E-state index < -0.39 is 0 Å². The monoisotopic (exact) mass is 451 g/mol. The molecule has 4 N–H and O–H groups in total. The van der Waals surface area contributed by atoms with Crippen LogP contribution in [0.4, 0.5) is 11.4 Å². The fourth-order valence-electron chi connectivity index (χ4n) is 4.37. The number of pyridine rings is 1. The Balaban J connectivity index is 1.57. The zero-order chi connectivity index (χ0) is 22.1. The fraction of sp³-hybridized carbons (Fsp3) is 0.333. The topological polar surface area (TPSA) is 91.1 Å². The molecule has 166 valence electrons. The van der Waals surface area contributed by atoms with Crippen molar-refractivity contribution in [2.24, 2.45) is 0 Å². The Bertz CT molecular complexity index is 1150. The lowest BCUT2D eigenvalue weighted by atomic mass is 10.0. The number of benzene rings is 1. The number of carbonyl (C=O) groups excluding carboxylic acids is 1. The van der Waals surface area contributed by atoms with E-state index in [0.717, 1.165) is 53.3 Å². The molecule has 2 aromatic heterocycles. The first kappa shape index (κ1) is 20.8. The molecular weight excluding hydrogens is 426 g/mol. The van der Waals surface area contributed by atoms with E-state index in [1.54, 1.807) is 12.4 Å². The Morgan fingerprint density at radius 3 is 3.03 bits per heavy atom. The Labute approximate surface area is 191 Å². The van der Waals surface area contributed by atoms with E-state index in [0.29, 0.717) is 35.5 Å². The van der Waals surface area contributed by atoms with Crippen molar-refractivity contribution in [2.45, 2.75) is 32.2 Å². The van der Waals surface area contributed by atoms with Gasteiger partial charge in [-0.1, -0.05) is 17.7 Å². The lowest BCUT2D eigenvalue weighted by Crippen LogP contribution is -2.31. The van der Waals surface area contributed by atoms with E-state index in [1.807, 2.05) is 31.2 Å². The highest BCUT2D eigenvalue weighted by molar-refractivity contribution is 6.31. The molecule has 8 heteroatoms. The van der Waals surface area contributed by atoms with Gasteiger partial charge in [-0.25, -0.2) is 0 Å². The molecule has 0 unspecified atom stereocenters. The molecule has 1 atom stereocenters. The maximum atomic E-state index is 12.8. The third-order valence-electron chi connectivity index (χ3n) is 6.15. The quantitative estimate of drug-likeness (QED) is 0.451. The Hall–Kier alpha value is -3.03. The molecule has 5 rings (SSSR count). The van der Waals surface area contributed by atoms with E-state index in [2.05, 4.69) is 25.9 Å². The summed E-state index contributed by atoms with van der Waals surface area (Å²) in [6, 6.07) is 7.97. The number of anilines is 2. The van der Waals surface area contributed by atoms with Gasteiger partial charge in [-0.3, -0.25) is 9.78 Å². The van der Waals surface area contributed by atoms with Crippen LogP contribution in [0.5, 0.6) is 5.75 Å². The van der Waals surface area contributed by atoms with Crippen LogP contribution < -0.4 is 20.7 Å². The maximum Gasteiger partial charge on any atom is 0.255 e. The number of amides is 1. The van der Waals surface area contributed by atoms with Gasteiger partial charge in [0, 0.05) is 47.2 Å². The van der Waals surface area contributed by atoms with Gasteiger partial charge in [0.25, 0.3) is 5.91 Å². The molecule has 32 heavy (non-hydrogen) atoms. The summed E-state index contributed by atoms with van der Waals surface area (Å²) in [5.41, 5.74) is 5.70. The van der Waals surface area contributed by atoms with E-state index in [1.165, 1.54) is 6.42 Å². The summed E-state index contributed by atoms with van der Waals surface area (Å²) in [7, 11) is 0. The average molecular weight is 452 g/mol. The van der Waals surface area contributed by atoms with Crippen LogP contribution in [-0.4, -0.2) is 41.6 Å². The van der Waals surface area contributed by atoms with Gasteiger partial charge in [0.15, 0.2) is 0 Å². The third kappa shape index (κ3) is 3.94. The summed E-state index contributed by atoms with van der Waals surface area (Å²) in [6.07, 6.45) is 6.48. The number of aromatic nitrogens is 2. The summed E-state index contributed by atoms with van der Waals surface area (Å²) < 4.78 is 6.19. The molecule has 0 radical (unpaired) electrons. The number of aromatic amines is 1. The van der Waals surface area contributed by atoms with Crippen molar-refractivity contribution in [3.8, 4) is 17.0 Å². The molecule has 4 heterocycles. The summed E-state index contributed by atoms with van der Waals surface area (Å²) in [5.74, 6) is 0.591. The molecule has 1 amide bonds. The Morgan fingerprint density at radius 1 is 1.28 bits per heavy atom. The number of nitrogens with one attached hydrogen (secondary N) is 4. The van der Waals surface area contributed by atoms with Crippen LogP contribution in [0.2, 0.25) is 5.02 Å². The number of H-pyrrole nitrogens is 1. The standard InChI is InChI=1S/C24H26ClN5O2/c1-14-17(25)5-2-6-18(14)29-23-21-19(8-11-28-24(21)31)30-22(23)16-7-10-26-12-20(16)32-13-15-4-3-9-27-15/h2,5-7,10,12,15,27,29-30H,3-4,8-9,11,13H2,1H3,(H,28,31)/t15-/m0/s1. The fourth-order valence-corrected chi connectivity index (χ4v) is 4.55. The van der Waals surface area contributed by atoms with Gasteiger partial charge in [0.1, 0.15) is 12.4 Å². The Morgan fingerprint density at radius 2 is 2.19 bits per heavy atom. The molecule has 0 aliphatic carbocycles. The number of rotatable bonds is 6. The van der Waals surface area contributed by atoms with Crippen LogP contribution in [0.25, 0.3) is 11.3 Å². The molecule has 2 aliphatic rings. The van der Waals surface area contributed by atoms with E-state index in [-0.39, 0.29) is 5.91 Å². The minimum Gasteiger partial charge on any atom is -0.490 e. The van der Waals surface area contributed by atoms with Crippen LogP contribution in [0.1, 0.15) is 34.5 Å². The molecule has 1 saturated heterocycles. The first-order valence-electron chi connectivity index (χ1n) is 11.0. The van der Waals surface area contributed by atoms with E-state index in [9.17, 15) is 4.79 Å². The summed E-state index contributed by atoms with van der Waals surface area (Å²) in [5, 5.41) is 10.6. The summed E-state index contributed by atoms with van der Waals surface area (Å²) in [6.45, 7) is 4.17. The molecule has 0 saturated carbocycles. The van der Waals surface area contributed by atoms with Crippen molar-refractivity contribution in [2.75, 3.05) is 25.0 Å². The highest BCUT2D eigenvalue weighted by Crippen LogP contribution is 2.41. The summed E-state index contributed by atoms with van der Waals surface area (Å²) >= 11 is 6.35. The summed E-state index contributed by atoms with van der Waals surface area (Å²) in [4.78, 5) is 20.6. The van der Waals surface area contributed by atoms with Gasteiger partial charge >= 0.3 is 0 Å². The van der Waals surface area contributed by atoms with Gasteiger partial charge in [-0.15, -0.1) is 0 Å². The lowest BCUT2D eigenvalue weighted by molar-refractivity contribution is 0.0947. The average Bonchev–Trinajstić information content (AvgIpc) is 3.44. The van der Waals surface area contributed by atoms with Crippen LogP contribution in [-0.2, 0) is 6.42 Å². The van der Waals surface area contributed by atoms with Crippen LogP contribution >= 0.6 is 11.6 Å². The number of fused-ring (bicyclic) bond motifs is 1. The van der Waals surface area contributed by atoms with Gasteiger partial charge in [0.2, 0.25) is 0 Å². The second-order valence-electron chi connectivity index (χ2n) is 8.25. The smallest absolute Gasteiger partial charge is 0.255 e. The maximum absolute atomic E-state index is 12.8. The lowest BCUT2D eigenvalue weighted by Gasteiger charge is -2.17. The molecule has 0 spiro atoms. The number of hydrogen-bond donors (Lipinski definition) is 4. The second kappa shape index (κ2) is 8.84. The van der Waals surface area contributed by atoms with E-state index >= 15 is 0 Å². The molecule has 3 aromatic rings. The van der Waals surface area contributed by atoms with Crippen molar-refractivity contribution < 1.29 is 9.53 Å². The molecular formula is C24H26ClN5O2. The molecule has 0 bridgehead atoms. The minimum atomic E-state index is -0.0948. The third-order valence-corrected chi connectivity index (χ3v) is 6.56. The van der Waals surface area contributed by atoms with Crippen LogP contribution in [0, 0.1) is 6.92 Å². The molecule has 1 aromatic carbocycles. The molecule has 7 nitrogen and oxygen atoms in total. The Kier molecular flexibility index (Phi) is 5.76. The number of halogens is 1. The highest BCUT2D eigenvalue weighted by Gasteiger charge is 2.28. The number of carbonyl (C=O) groups is 1. The second-order valence-corrected chi connectivity index (χ2v) is 8.66. The van der Waals surface area contributed by atoms with Gasteiger partial charge < -0.3 is 25.7 Å². The van der Waals surface area contributed by atoms with Gasteiger partial charge in [-0.05, 0) is 50.1 Å². The van der Waals surface area contributed by atoms with Crippen LogP contribution in [0.3, 0.4) is 0 Å². The number of hydrogen-bond acceptors (Lipinski definition) is 5. The first-order valence-corrected chi connectivity index (χ1v) is 11.4.